The number of barbiturate groups is 1. The summed E-state index contributed by atoms with van der Waals surface area (Å²) in [5.41, 5.74) is 1.71. The van der Waals surface area contributed by atoms with E-state index in [-0.39, 0.29) is 5.57 Å². The number of hydrogen-bond acceptors (Lipinski definition) is 5. The van der Waals surface area contributed by atoms with Crippen LogP contribution in [0.1, 0.15) is 18.1 Å². The molecule has 2 aromatic rings. The summed E-state index contributed by atoms with van der Waals surface area (Å²) in [6, 6.07) is 9.76. The van der Waals surface area contributed by atoms with Crippen LogP contribution in [0.25, 0.3) is 6.08 Å². The van der Waals surface area contributed by atoms with Gasteiger partial charge in [-0.15, -0.1) is 0 Å². The number of nitrogens with zero attached hydrogens (tertiary/aromatic N) is 1. The van der Waals surface area contributed by atoms with E-state index >= 15 is 0 Å². The van der Waals surface area contributed by atoms with E-state index in [0.29, 0.717) is 29.2 Å². The zero-order valence-corrected chi connectivity index (χ0v) is 18.3. The van der Waals surface area contributed by atoms with Crippen LogP contribution in [0.3, 0.4) is 0 Å². The van der Waals surface area contributed by atoms with Crippen molar-refractivity contribution in [3.8, 4) is 11.5 Å². The molecule has 1 N–H and O–H groups in total. The number of urea groups is 1. The van der Waals surface area contributed by atoms with Crippen molar-refractivity contribution in [2.75, 3.05) is 19.1 Å². The summed E-state index contributed by atoms with van der Waals surface area (Å²) in [6.07, 6.45) is 2.07. The number of carbonyl (C=O) groups excluding carboxylic acids is 3. The SMILES string of the molecule is CCc1ccccc1N1C(=O)NC(=O)/C(=C\c2cc(I)c(OC)c(OC)c2)C1=O. The lowest BCUT2D eigenvalue weighted by molar-refractivity contribution is -0.122. The van der Waals surface area contributed by atoms with Gasteiger partial charge in [-0.2, -0.15) is 0 Å². The highest BCUT2D eigenvalue weighted by molar-refractivity contribution is 14.1. The minimum Gasteiger partial charge on any atom is -0.493 e. The number of para-hydroxylation sites is 1. The molecule has 1 heterocycles. The Morgan fingerprint density at radius 1 is 1.10 bits per heavy atom. The molecule has 0 aromatic heterocycles. The number of ether oxygens (including phenoxy) is 2. The topological polar surface area (TPSA) is 84.9 Å². The average molecular weight is 506 g/mol. The van der Waals surface area contributed by atoms with Crippen LogP contribution < -0.4 is 19.7 Å². The maximum absolute atomic E-state index is 13.1. The second kappa shape index (κ2) is 8.64. The zero-order chi connectivity index (χ0) is 21.1. The molecule has 0 unspecified atom stereocenters. The monoisotopic (exact) mass is 506 g/mol. The van der Waals surface area contributed by atoms with Gasteiger partial charge in [0.15, 0.2) is 11.5 Å². The van der Waals surface area contributed by atoms with Gasteiger partial charge in [0.25, 0.3) is 11.8 Å². The first kappa shape index (κ1) is 20.8. The fraction of sp³-hybridized carbons (Fsp3) is 0.190. The minimum atomic E-state index is -0.764. The number of nitrogens with one attached hydrogen (secondary N) is 1. The van der Waals surface area contributed by atoms with Gasteiger partial charge in [-0.25, -0.2) is 9.69 Å². The van der Waals surface area contributed by atoms with Gasteiger partial charge in [0.1, 0.15) is 5.57 Å². The Hall–Kier alpha value is -2.88. The van der Waals surface area contributed by atoms with Crippen LogP contribution in [-0.2, 0) is 16.0 Å². The summed E-state index contributed by atoms with van der Waals surface area (Å²) in [5.74, 6) is -0.387. The van der Waals surface area contributed by atoms with Crippen molar-refractivity contribution >= 4 is 52.2 Å². The molecule has 1 saturated heterocycles. The molecule has 0 saturated carbocycles. The van der Waals surface area contributed by atoms with Crippen LogP contribution in [-0.4, -0.2) is 32.1 Å². The number of imide groups is 2. The summed E-state index contributed by atoms with van der Waals surface area (Å²) in [4.78, 5) is 38.9. The molecule has 0 bridgehead atoms. The molecule has 0 spiro atoms. The highest BCUT2D eigenvalue weighted by atomic mass is 127. The lowest BCUT2D eigenvalue weighted by atomic mass is 10.0. The van der Waals surface area contributed by atoms with E-state index in [1.54, 1.807) is 24.3 Å². The molecule has 7 nitrogen and oxygen atoms in total. The standard InChI is InChI=1S/C21H19IN2O5/c1-4-13-7-5-6-8-16(13)24-20(26)14(19(25)23-21(24)27)9-12-10-15(22)18(29-3)17(11-12)28-2/h5-11H,4H2,1-3H3,(H,23,25,27)/b14-9+. The molecule has 1 fully saturated rings. The minimum absolute atomic E-state index is 0.140. The molecule has 4 amide bonds. The molecule has 2 aromatic carbocycles. The summed E-state index contributed by atoms with van der Waals surface area (Å²) < 4.78 is 11.4. The van der Waals surface area contributed by atoms with Crippen LogP contribution >= 0.6 is 22.6 Å². The number of halogens is 1. The third-order valence-corrected chi connectivity index (χ3v) is 5.28. The second-order valence-corrected chi connectivity index (χ2v) is 7.34. The number of carbonyl (C=O) groups is 3. The van der Waals surface area contributed by atoms with Crippen LogP contribution in [0.5, 0.6) is 11.5 Å². The van der Waals surface area contributed by atoms with Gasteiger partial charge in [0.2, 0.25) is 0 Å². The maximum Gasteiger partial charge on any atom is 0.335 e. The summed E-state index contributed by atoms with van der Waals surface area (Å²) in [7, 11) is 3.04. The smallest absolute Gasteiger partial charge is 0.335 e. The Morgan fingerprint density at radius 3 is 2.48 bits per heavy atom. The third-order valence-electron chi connectivity index (χ3n) is 4.48. The van der Waals surface area contributed by atoms with E-state index in [9.17, 15) is 14.4 Å². The van der Waals surface area contributed by atoms with Crippen molar-refractivity contribution in [2.45, 2.75) is 13.3 Å². The normalized spacial score (nSPS) is 15.5. The fourth-order valence-corrected chi connectivity index (χ4v) is 3.94. The lowest BCUT2D eigenvalue weighted by Gasteiger charge is -2.28. The molecule has 0 radical (unpaired) electrons. The van der Waals surface area contributed by atoms with E-state index in [4.69, 9.17) is 9.47 Å². The molecule has 1 aliphatic heterocycles. The Morgan fingerprint density at radius 2 is 1.83 bits per heavy atom. The number of aryl methyl sites for hydroxylation is 1. The van der Waals surface area contributed by atoms with Crippen LogP contribution in [0.4, 0.5) is 10.5 Å². The van der Waals surface area contributed by atoms with Crippen LogP contribution in [0.2, 0.25) is 0 Å². The predicted octanol–water partition coefficient (Wildman–Crippen LogP) is 3.54. The van der Waals surface area contributed by atoms with Gasteiger partial charge in [-0.3, -0.25) is 14.9 Å². The third kappa shape index (κ3) is 3.98. The van der Waals surface area contributed by atoms with E-state index in [1.165, 1.54) is 20.3 Å². The molecule has 8 heteroatoms. The van der Waals surface area contributed by atoms with Gasteiger partial charge < -0.3 is 9.47 Å². The lowest BCUT2D eigenvalue weighted by Crippen LogP contribution is -2.54. The molecule has 1 aliphatic rings. The molecule has 0 atom stereocenters. The molecule has 3 rings (SSSR count). The predicted molar refractivity (Wildman–Crippen MR) is 117 cm³/mol. The summed E-state index contributed by atoms with van der Waals surface area (Å²) in [5, 5.41) is 2.25. The summed E-state index contributed by atoms with van der Waals surface area (Å²) in [6.45, 7) is 1.93. The molecule has 0 aliphatic carbocycles. The number of rotatable bonds is 5. The van der Waals surface area contributed by atoms with E-state index < -0.39 is 17.8 Å². The first-order valence-corrected chi connectivity index (χ1v) is 9.90. The van der Waals surface area contributed by atoms with Crippen molar-refractivity contribution in [3.05, 3.63) is 56.7 Å². The van der Waals surface area contributed by atoms with Crippen molar-refractivity contribution in [1.29, 1.82) is 0 Å². The summed E-state index contributed by atoms with van der Waals surface area (Å²) >= 11 is 2.08. The van der Waals surface area contributed by atoms with Crippen molar-refractivity contribution in [3.63, 3.8) is 0 Å². The van der Waals surface area contributed by atoms with E-state index in [0.717, 1.165) is 14.0 Å². The van der Waals surface area contributed by atoms with E-state index in [2.05, 4.69) is 27.9 Å². The largest absolute Gasteiger partial charge is 0.493 e. The number of methoxy groups -OCH3 is 2. The maximum atomic E-state index is 13.1. The Bertz CT molecular complexity index is 1030. The van der Waals surface area contributed by atoms with E-state index in [1.807, 2.05) is 19.1 Å². The first-order valence-electron chi connectivity index (χ1n) is 8.82. The number of hydrogen-bond donors (Lipinski definition) is 1. The van der Waals surface area contributed by atoms with Gasteiger partial charge in [-0.05, 0) is 64.4 Å². The molecular weight excluding hydrogens is 487 g/mol. The van der Waals surface area contributed by atoms with Crippen LogP contribution in [0.15, 0.2) is 42.0 Å². The Kier molecular flexibility index (Phi) is 6.21. The molecular formula is C21H19IN2O5. The van der Waals surface area contributed by atoms with Crippen molar-refractivity contribution in [2.24, 2.45) is 0 Å². The Labute approximate surface area is 181 Å². The fourth-order valence-electron chi connectivity index (χ4n) is 3.09. The highest BCUT2D eigenvalue weighted by Gasteiger charge is 2.37. The number of amides is 4. The van der Waals surface area contributed by atoms with Crippen molar-refractivity contribution in [1.82, 2.24) is 5.32 Å². The Balaban J connectivity index is 2.08. The first-order chi connectivity index (χ1) is 13.9. The molecule has 150 valence electrons. The highest BCUT2D eigenvalue weighted by Crippen LogP contribution is 2.34. The number of anilines is 1. The quantitative estimate of drug-likeness (QED) is 0.381. The average Bonchev–Trinajstić information content (AvgIpc) is 2.70. The van der Waals surface area contributed by atoms with Crippen LogP contribution in [0, 0.1) is 3.57 Å². The number of benzene rings is 2. The van der Waals surface area contributed by atoms with Gasteiger partial charge in [0, 0.05) is 0 Å². The molecule has 29 heavy (non-hydrogen) atoms. The zero-order valence-electron chi connectivity index (χ0n) is 16.1. The van der Waals surface area contributed by atoms with Gasteiger partial charge in [-0.1, -0.05) is 25.1 Å². The second-order valence-electron chi connectivity index (χ2n) is 6.18. The van der Waals surface area contributed by atoms with Gasteiger partial charge in [0.05, 0.1) is 23.5 Å². The van der Waals surface area contributed by atoms with Crippen molar-refractivity contribution < 1.29 is 23.9 Å². The van der Waals surface area contributed by atoms with Gasteiger partial charge >= 0.3 is 6.03 Å².